The number of thioether (sulfide) groups is 1. The molecule has 0 atom stereocenters. The zero-order chi connectivity index (χ0) is 15.6. The van der Waals surface area contributed by atoms with Crippen LogP contribution in [0.3, 0.4) is 0 Å². The van der Waals surface area contributed by atoms with Crippen LogP contribution in [0.15, 0.2) is 35.2 Å². The Kier molecular flexibility index (Phi) is 4.94. The molecule has 0 aliphatic heterocycles. The molecule has 20 heavy (non-hydrogen) atoms. The molecule has 0 spiro atoms. The van der Waals surface area contributed by atoms with E-state index in [2.05, 4.69) is 0 Å². The fourth-order valence-electron chi connectivity index (χ4n) is 1.16. The summed E-state index contributed by atoms with van der Waals surface area (Å²) in [7, 11) is 0. The number of rotatable bonds is 6. The zero-order valence-electron chi connectivity index (χ0n) is 9.60. The number of benzene rings is 1. The quantitative estimate of drug-likeness (QED) is 0.527. The first-order valence-corrected chi connectivity index (χ1v) is 6.10. The highest BCUT2D eigenvalue weighted by molar-refractivity contribution is 7.99. The van der Waals surface area contributed by atoms with Crippen molar-refractivity contribution in [2.75, 3.05) is 5.75 Å². The van der Waals surface area contributed by atoms with Gasteiger partial charge in [-0.1, -0.05) is 18.2 Å². The van der Waals surface area contributed by atoms with Gasteiger partial charge in [0.1, 0.15) is 0 Å². The lowest BCUT2D eigenvalue weighted by Gasteiger charge is -2.32. The highest BCUT2D eigenvalue weighted by Gasteiger charge is 2.75. The Labute approximate surface area is 113 Å². The molecule has 0 radical (unpaired) electrons. The van der Waals surface area contributed by atoms with Crippen molar-refractivity contribution in [3.05, 3.63) is 30.3 Å². The lowest BCUT2D eigenvalue weighted by atomic mass is 10.1. The van der Waals surface area contributed by atoms with E-state index in [1.165, 1.54) is 30.3 Å². The molecule has 0 saturated carbocycles. The van der Waals surface area contributed by atoms with Gasteiger partial charge in [-0.3, -0.25) is 0 Å². The van der Waals surface area contributed by atoms with Crippen molar-refractivity contribution in [3.8, 4) is 0 Å². The lowest BCUT2D eigenvalue weighted by molar-refractivity contribution is -0.331. The smallest absolute Gasteiger partial charge is 0.203 e. The summed E-state index contributed by atoms with van der Waals surface area (Å²) >= 11 is 0.174. The largest absolute Gasteiger partial charge is 0.378 e. The van der Waals surface area contributed by atoms with Crippen LogP contribution in [0.25, 0.3) is 0 Å². The second kappa shape index (κ2) is 5.79. The van der Waals surface area contributed by atoms with Gasteiger partial charge in [-0.15, -0.1) is 11.8 Å². The Morgan fingerprint density at radius 1 is 0.900 bits per heavy atom. The molecule has 1 rings (SSSR count). The summed E-state index contributed by atoms with van der Waals surface area (Å²) in [6.07, 6.45) is -4.88. The molecule has 0 unspecified atom stereocenters. The Morgan fingerprint density at radius 3 is 1.85 bits per heavy atom. The van der Waals surface area contributed by atoms with Crippen LogP contribution in [0, 0.1) is 0 Å². The lowest BCUT2D eigenvalue weighted by Crippen LogP contribution is -2.58. The molecular weight excluding hydrogens is 316 g/mol. The predicted octanol–water partition coefficient (Wildman–Crippen LogP) is 4.95. The Morgan fingerprint density at radius 2 is 1.40 bits per heavy atom. The molecule has 0 fully saturated rings. The molecule has 0 aliphatic carbocycles. The van der Waals surface area contributed by atoms with Crippen LogP contribution in [-0.2, 0) is 0 Å². The van der Waals surface area contributed by atoms with Gasteiger partial charge < -0.3 is 0 Å². The predicted molar refractivity (Wildman–Crippen MR) is 58.0 cm³/mol. The monoisotopic (exact) mass is 324 g/mol. The summed E-state index contributed by atoms with van der Waals surface area (Å²) in [6.45, 7) is 0. The van der Waals surface area contributed by atoms with Crippen molar-refractivity contribution in [1.29, 1.82) is 0 Å². The highest BCUT2D eigenvalue weighted by Crippen LogP contribution is 2.49. The first-order chi connectivity index (χ1) is 9.02. The average molecular weight is 324 g/mol. The molecular formula is C11H8F8S. The first-order valence-electron chi connectivity index (χ1n) is 5.12. The van der Waals surface area contributed by atoms with Gasteiger partial charge in [-0.2, -0.15) is 26.3 Å². The van der Waals surface area contributed by atoms with Gasteiger partial charge in [0.15, 0.2) is 0 Å². The van der Waals surface area contributed by atoms with E-state index in [-0.39, 0.29) is 16.7 Å². The maximum Gasteiger partial charge on any atom is 0.378 e. The summed E-state index contributed by atoms with van der Waals surface area (Å²) in [5, 5.41) is 0. The summed E-state index contributed by atoms with van der Waals surface area (Å²) < 4.78 is 101. The van der Waals surface area contributed by atoms with Gasteiger partial charge in [0, 0.05) is 4.90 Å². The molecule has 0 aromatic heterocycles. The van der Waals surface area contributed by atoms with Crippen LogP contribution < -0.4 is 0 Å². The summed E-state index contributed by atoms with van der Waals surface area (Å²) in [5.41, 5.74) is 0. The summed E-state index contributed by atoms with van der Waals surface area (Å²) in [6, 6.07) is 6.97. The van der Waals surface area contributed by atoms with Crippen LogP contribution in [-0.4, -0.2) is 29.9 Å². The number of hydrogen-bond acceptors (Lipinski definition) is 1. The minimum atomic E-state index is -6.14. The second-order valence-electron chi connectivity index (χ2n) is 3.80. The van der Waals surface area contributed by atoms with Crippen molar-refractivity contribution in [2.24, 2.45) is 0 Å². The molecule has 0 aliphatic rings. The average Bonchev–Trinajstić information content (AvgIpc) is 2.37. The van der Waals surface area contributed by atoms with E-state index in [0.29, 0.717) is 0 Å². The maximum absolute atomic E-state index is 13.2. The summed E-state index contributed by atoms with van der Waals surface area (Å²) in [5.74, 6) is -19.3. The second-order valence-corrected chi connectivity index (χ2v) is 4.85. The van der Waals surface area contributed by atoms with Gasteiger partial charge in [-0.05, 0) is 12.1 Å². The number of alkyl halides is 8. The van der Waals surface area contributed by atoms with Gasteiger partial charge >= 0.3 is 24.2 Å². The molecule has 0 amide bonds. The third kappa shape index (κ3) is 3.18. The van der Waals surface area contributed by atoms with Crippen LogP contribution >= 0.6 is 11.8 Å². The van der Waals surface area contributed by atoms with Gasteiger partial charge in [0.25, 0.3) is 0 Å². The van der Waals surface area contributed by atoms with Crippen molar-refractivity contribution >= 4 is 11.8 Å². The molecule has 0 bridgehead atoms. The molecule has 9 heteroatoms. The molecule has 1 aromatic rings. The Balaban J connectivity index is 2.87. The Bertz CT molecular complexity index is 431. The minimum Gasteiger partial charge on any atom is -0.203 e. The molecule has 0 nitrogen and oxygen atoms in total. The summed E-state index contributed by atoms with van der Waals surface area (Å²) in [4.78, 5) is 0.128. The van der Waals surface area contributed by atoms with E-state index < -0.39 is 29.9 Å². The zero-order valence-corrected chi connectivity index (χ0v) is 10.4. The van der Waals surface area contributed by atoms with Crippen molar-refractivity contribution in [2.45, 2.75) is 29.1 Å². The Hall–Kier alpha value is -0.990. The van der Waals surface area contributed by atoms with E-state index in [1.807, 2.05) is 0 Å². The minimum absolute atomic E-state index is 0.128. The maximum atomic E-state index is 13.2. The van der Waals surface area contributed by atoms with Crippen molar-refractivity contribution < 1.29 is 35.1 Å². The van der Waals surface area contributed by atoms with Crippen molar-refractivity contribution in [1.82, 2.24) is 0 Å². The number of halogens is 8. The number of hydrogen-bond donors (Lipinski definition) is 0. The van der Waals surface area contributed by atoms with E-state index in [1.54, 1.807) is 0 Å². The topological polar surface area (TPSA) is 0 Å². The van der Waals surface area contributed by atoms with E-state index in [4.69, 9.17) is 0 Å². The van der Waals surface area contributed by atoms with Gasteiger partial charge in [0.2, 0.25) is 0 Å². The van der Waals surface area contributed by atoms with Crippen molar-refractivity contribution in [3.63, 3.8) is 0 Å². The van der Waals surface area contributed by atoms with Crippen LogP contribution in [0.1, 0.15) is 0 Å². The molecule has 0 heterocycles. The van der Waals surface area contributed by atoms with Crippen LogP contribution in [0.2, 0.25) is 0 Å². The molecule has 114 valence electrons. The fourth-order valence-corrected chi connectivity index (χ4v) is 2.04. The SMILES string of the molecule is FC(F)C(F)(F)C(F)(F)C(F)(F)CSc1ccccc1. The van der Waals surface area contributed by atoms with E-state index in [0.717, 1.165) is 0 Å². The van der Waals surface area contributed by atoms with Crippen LogP contribution in [0.5, 0.6) is 0 Å². The third-order valence-electron chi connectivity index (χ3n) is 2.32. The normalized spacial score (nSPS) is 13.8. The molecule has 0 N–H and O–H groups in total. The molecule has 0 saturated heterocycles. The fraction of sp³-hybridized carbons (Fsp3) is 0.455. The van der Waals surface area contributed by atoms with E-state index in [9.17, 15) is 35.1 Å². The van der Waals surface area contributed by atoms with E-state index >= 15 is 0 Å². The van der Waals surface area contributed by atoms with Gasteiger partial charge in [-0.25, -0.2) is 8.78 Å². The molecule has 1 aromatic carbocycles. The van der Waals surface area contributed by atoms with Gasteiger partial charge in [0.05, 0.1) is 5.75 Å². The first kappa shape index (κ1) is 17.1. The van der Waals surface area contributed by atoms with Crippen LogP contribution in [0.4, 0.5) is 35.1 Å². The highest BCUT2D eigenvalue weighted by atomic mass is 32.2. The standard InChI is InChI=1S/C11H8F8S/c12-8(13)10(16,17)11(18,19)9(14,15)6-20-7-4-2-1-3-5-7/h1-5,8H,6H2. The third-order valence-corrected chi connectivity index (χ3v) is 3.43.